The highest BCUT2D eigenvalue weighted by atomic mass is 16.5. The molecule has 1 saturated carbocycles. The van der Waals surface area contributed by atoms with Crippen LogP contribution >= 0.6 is 0 Å². The van der Waals surface area contributed by atoms with Crippen LogP contribution < -0.4 is 10.1 Å². The smallest absolute Gasteiger partial charge is 0.308 e. The predicted octanol–water partition coefficient (Wildman–Crippen LogP) is 3.02. The fourth-order valence-electron chi connectivity index (χ4n) is 2.51. The molecule has 1 fully saturated rings. The monoisotopic (exact) mass is 330 g/mol. The fraction of sp³-hybridized carbons (Fsp3) is 0.500. The number of hydrogen-bond donors (Lipinski definition) is 1. The minimum atomic E-state index is -0.864. The molecule has 1 aliphatic rings. The first-order valence-electron chi connectivity index (χ1n) is 8.08. The first kappa shape index (κ1) is 18.0. The summed E-state index contributed by atoms with van der Waals surface area (Å²) in [7, 11) is 0. The topological polar surface area (TPSA) is 88.4 Å². The van der Waals surface area contributed by atoms with Crippen LogP contribution in [-0.4, -0.2) is 24.1 Å². The molecule has 0 aliphatic heterocycles. The Labute approximate surface area is 141 Å². The molecular formula is C18H22N2O4. The third-order valence-electron chi connectivity index (χ3n) is 4.02. The highest BCUT2D eigenvalue weighted by molar-refractivity contribution is 5.97. The maximum Gasteiger partial charge on any atom is 0.308 e. The molecule has 1 amide bonds. The van der Waals surface area contributed by atoms with Gasteiger partial charge in [0.25, 0.3) is 5.91 Å². The van der Waals surface area contributed by atoms with Gasteiger partial charge in [0, 0.05) is 19.2 Å². The SMILES string of the molecule is CCCO[C@@](C)(C(=O)Nc1ccc(OC(C)=O)c(C#N)c1)C1CC1. The van der Waals surface area contributed by atoms with Gasteiger partial charge in [0.15, 0.2) is 0 Å². The van der Waals surface area contributed by atoms with E-state index in [4.69, 9.17) is 9.47 Å². The normalized spacial score (nSPS) is 15.9. The van der Waals surface area contributed by atoms with Gasteiger partial charge in [-0.05, 0) is 50.3 Å². The van der Waals surface area contributed by atoms with Crippen LogP contribution in [0.5, 0.6) is 5.75 Å². The molecule has 0 aromatic heterocycles. The number of esters is 1. The van der Waals surface area contributed by atoms with Crippen molar-refractivity contribution in [3.63, 3.8) is 0 Å². The number of nitrogens with zero attached hydrogens (tertiary/aromatic N) is 1. The maximum atomic E-state index is 12.7. The van der Waals surface area contributed by atoms with Crippen molar-refractivity contribution in [3.05, 3.63) is 23.8 Å². The molecule has 1 N–H and O–H groups in total. The number of nitrogens with one attached hydrogen (secondary N) is 1. The number of anilines is 1. The fourth-order valence-corrected chi connectivity index (χ4v) is 2.51. The van der Waals surface area contributed by atoms with Crippen molar-refractivity contribution in [2.45, 2.75) is 45.6 Å². The molecule has 24 heavy (non-hydrogen) atoms. The first-order chi connectivity index (χ1) is 11.4. The van der Waals surface area contributed by atoms with Crippen LogP contribution in [-0.2, 0) is 14.3 Å². The highest BCUT2D eigenvalue weighted by Crippen LogP contribution is 2.42. The second-order valence-corrected chi connectivity index (χ2v) is 6.10. The molecule has 128 valence electrons. The lowest BCUT2D eigenvalue weighted by Gasteiger charge is -2.28. The van der Waals surface area contributed by atoms with E-state index in [2.05, 4.69) is 5.32 Å². The van der Waals surface area contributed by atoms with Crippen molar-refractivity contribution in [1.29, 1.82) is 5.26 Å². The summed E-state index contributed by atoms with van der Waals surface area (Å²) in [5.74, 6) is -0.324. The van der Waals surface area contributed by atoms with Gasteiger partial charge >= 0.3 is 5.97 Å². The quantitative estimate of drug-likeness (QED) is 0.613. The minimum Gasteiger partial charge on any atom is -0.425 e. The Hall–Kier alpha value is -2.39. The van der Waals surface area contributed by atoms with Gasteiger partial charge in [-0.3, -0.25) is 9.59 Å². The summed E-state index contributed by atoms with van der Waals surface area (Å²) in [4.78, 5) is 23.7. The summed E-state index contributed by atoms with van der Waals surface area (Å²) in [5.41, 5.74) is -0.206. The Kier molecular flexibility index (Phi) is 5.58. The van der Waals surface area contributed by atoms with Gasteiger partial charge in [-0.1, -0.05) is 6.92 Å². The van der Waals surface area contributed by atoms with Crippen LogP contribution in [0, 0.1) is 17.2 Å². The lowest BCUT2D eigenvalue weighted by atomic mass is 9.98. The number of nitriles is 1. The van der Waals surface area contributed by atoms with Crippen LogP contribution in [0.1, 0.15) is 45.6 Å². The predicted molar refractivity (Wildman–Crippen MR) is 88.5 cm³/mol. The largest absolute Gasteiger partial charge is 0.425 e. The van der Waals surface area contributed by atoms with E-state index >= 15 is 0 Å². The summed E-state index contributed by atoms with van der Waals surface area (Å²) >= 11 is 0. The summed E-state index contributed by atoms with van der Waals surface area (Å²) in [6, 6.07) is 6.55. The van der Waals surface area contributed by atoms with Crippen LogP contribution in [0.15, 0.2) is 18.2 Å². The van der Waals surface area contributed by atoms with E-state index in [0.717, 1.165) is 19.3 Å². The van der Waals surface area contributed by atoms with Gasteiger partial charge in [-0.15, -0.1) is 0 Å². The number of rotatable bonds is 7. The Morgan fingerprint density at radius 1 is 1.42 bits per heavy atom. The van der Waals surface area contributed by atoms with Gasteiger partial charge in [0.1, 0.15) is 17.4 Å². The molecule has 0 radical (unpaired) electrons. The van der Waals surface area contributed by atoms with E-state index in [-0.39, 0.29) is 23.1 Å². The molecule has 0 unspecified atom stereocenters. The minimum absolute atomic E-state index is 0.176. The van der Waals surface area contributed by atoms with Gasteiger partial charge in [-0.2, -0.15) is 5.26 Å². The van der Waals surface area contributed by atoms with Crippen molar-refractivity contribution in [3.8, 4) is 11.8 Å². The second kappa shape index (κ2) is 7.45. The third kappa shape index (κ3) is 4.12. The molecule has 1 aromatic carbocycles. The first-order valence-corrected chi connectivity index (χ1v) is 8.08. The molecule has 2 rings (SSSR count). The van der Waals surface area contributed by atoms with Crippen molar-refractivity contribution in [2.75, 3.05) is 11.9 Å². The zero-order chi connectivity index (χ0) is 17.7. The number of hydrogen-bond acceptors (Lipinski definition) is 5. The molecule has 0 spiro atoms. The number of amides is 1. The average molecular weight is 330 g/mol. The Morgan fingerprint density at radius 3 is 2.67 bits per heavy atom. The van der Waals surface area contributed by atoms with Gasteiger partial charge in [0.2, 0.25) is 0 Å². The second-order valence-electron chi connectivity index (χ2n) is 6.10. The van der Waals surface area contributed by atoms with E-state index in [1.807, 2.05) is 19.9 Å². The van der Waals surface area contributed by atoms with E-state index in [9.17, 15) is 14.9 Å². The molecular weight excluding hydrogens is 308 g/mol. The Balaban J connectivity index is 2.16. The van der Waals surface area contributed by atoms with Gasteiger partial charge in [-0.25, -0.2) is 0 Å². The van der Waals surface area contributed by atoms with Crippen molar-refractivity contribution >= 4 is 17.6 Å². The Bertz CT molecular complexity index is 676. The van der Waals surface area contributed by atoms with Crippen LogP contribution in [0.2, 0.25) is 0 Å². The van der Waals surface area contributed by atoms with Crippen molar-refractivity contribution < 1.29 is 19.1 Å². The zero-order valence-corrected chi connectivity index (χ0v) is 14.2. The van der Waals surface area contributed by atoms with Crippen molar-refractivity contribution in [1.82, 2.24) is 0 Å². The molecule has 1 aromatic rings. The number of benzene rings is 1. The average Bonchev–Trinajstić information content (AvgIpc) is 3.38. The Morgan fingerprint density at radius 2 is 2.12 bits per heavy atom. The lowest BCUT2D eigenvalue weighted by Crippen LogP contribution is -2.45. The third-order valence-corrected chi connectivity index (χ3v) is 4.02. The summed E-state index contributed by atoms with van der Waals surface area (Å²) in [6.07, 6.45) is 2.79. The summed E-state index contributed by atoms with van der Waals surface area (Å²) in [5, 5.41) is 12.0. The summed E-state index contributed by atoms with van der Waals surface area (Å²) in [6.45, 7) is 5.60. The molecule has 0 saturated heterocycles. The van der Waals surface area contributed by atoms with Crippen LogP contribution in [0.25, 0.3) is 0 Å². The maximum absolute atomic E-state index is 12.7. The van der Waals surface area contributed by atoms with E-state index in [0.29, 0.717) is 12.3 Å². The van der Waals surface area contributed by atoms with Crippen molar-refractivity contribution in [2.24, 2.45) is 5.92 Å². The number of carbonyl (C=O) groups excluding carboxylic acids is 2. The molecule has 1 atom stereocenters. The van der Waals surface area contributed by atoms with E-state index in [1.165, 1.54) is 19.1 Å². The molecule has 0 bridgehead atoms. The van der Waals surface area contributed by atoms with Gasteiger partial charge < -0.3 is 14.8 Å². The molecule has 1 aliphatic carbocycles. The summed E-state index contributed by atoms with van der Waals surface area (Å²) < 4.78 is 10.8. The van der Waals surface area contributed by atoms with Crippen LogP contribution in [0.4, 0.5) is 5.69 Å². The molecule has 6 heteroatoms. The van der Waals surface area contributed by atoms with E-state index in [1.54, 1.807) is 6.07 Å². The van der Waals surface area contributed by atoms with E-state index < -0.39 is 11.6 Å². The lowest BCUT2D eigenvalue weighted by molar-refractivity contribution is -0.142. The highest BCUT2D eigenvalue weighted by Gasteiger charge is 2.48. The number of carbonyl (C=O) groups is 2. The molecule has 6 nitrogen and oxygen atoms in total. The number of ether oxygens (including phenoxy) is 2. The standard InChI is InChI=1S/C18H22N2O4/c1-4-9-23-18(3,14-5-6-14)17(22)20-15-7-8-16(24-12(2)21)13(10-15)11-19/h7-8,10,14H,4-6,9H2,1-3H3,(H,20,22)/t18-/m1/s1. The van der Waals surface area contributed by atoms with Gasteiger partial charge in [0.05, 0.1) is 5.56 Å². The molecule has 0 heterocycles. The zero-order valence-electron chi connectivity index (χ0n) is 14.2. The van der Waals surface area contributed by atoms with Crippen LogP contribution in [0.3, 0.4) is 0 Å².